The van der Waals surface area contributed by atoms with E-state index in [2.05, 4.69) is 25.8 Å². The molecule has 0 radical (unpaired) electrons. The lowest BCUT2D eigenvalue weighted by molar-refractivity contribution is 0.0512. The topological polar surface area (TPSA) is 109 Å². The number of nitrogens with zero attached hydrogens (tertiary/aromatic N) is 2. The van der Waals surface area contributed by atoms with Crippen LogP contribution in [0.3, 0.4) is 0 Å². The van der Waals surface area contributed by atoms with Crippen molar-refractivity contribution in [2.24, 2.45) is 5.92 Å². The average Bonchev–Trinajstić information content (AvgIpc) is 3.05. The minimum absolute atomic E-state index is 0.0455. The van der Waals surface area contributed by atoms with E-state index in [-0.39, 0.29) is 18.5 Å². The molecule has 0 spiro atoms. The Labute approximate surface area is 146 Å². The number of amides is 2. The second-order valence-corrected chi connectivity index (χ2v) is 5.91. The number of hydrogen-bond acceptors (Lipinski definition) is 5. The number of rotatable bonds is 7. The summed E-state index contributed by atoms with van der Waals surface area (Å²) < 4.78 is 4.88. The fourth-order valence-electron chi connectivity index (χ4n) is 2.27. The number of anilines is 1. The SMILES string of the molecule is CCOC(=O)c1n[nH]c(C(CC(C)C)NC(=O)Nc2ccccc2)n1. The molecule has 1 atom stereocenters. The standard InChI is InChI=1S/C17H23N5O3/c1-4-25-16(23)15-20-14(21-22-15)13(10-11(2)3)19-17(24)18-12-8-6-5-7-9-12/h5-9,11,13H,4,10H2,1-3H3,(H2,18,19,24)(H,20,21,22). The molecule has 0 saturated carbocycles. The summed E-state index contributed by atoms with van der Waals surface area (Å²) in [6.07, 6.45) is 0.639. The average molecular weight is 345 g/mol. The molecule has 1 aromatic heterocycles. The van der Waals surface area contributed by atoms with E-state index in [0.717, 1.165) is 0 Å². The molecule has 0 aliphatic rings. The van der Waals surface area contributed by atoms with Crippen LogP contribution in [-0.2, 0) is 4.74 Å². The number of aromatic nitrogens is 3. The molecular formula is C17H23N5O3. The minimum Gasteiger partial charge on any atom is -0.460 e. The highest BCUT2D eigenvalue weighted by atomic mass is 16.5. The molecule has 0 fully saturated rings. The number of ether oxygens (including phenoxy) is 1. The Morgan fingerprint density at radius 3 is 2.60 bits per heavy atom. The number of aromatic amines is 1. The van der Waals surface area contributed by atoms with Gasteiger partial charge >= 0.3 is 12.0 Å². The maximum Gasteiger partial charge on any atom is 0.378 e. The smallest absolute Gasteiger partial charge is 0.378 e. The third kappa shape index (κ3) is 5.59. The Kier molecular flexibility index (Phi) is 6.50. The number of urea groups is 1. The summed E-state index contributed by atoms with van der Waals surface area (Å²) in [5.74, 6) is 0.0797. The first-order chi connectivity index (χ1) is 12.0. The van der Waals surface area contributed by atoms with Crippen LogP contribution in [0.1, 0.15) is 49.7 Å². The van der Waals surface area contributed by atoms with Crippen molar-refractivity contribution >= 4 is 17.7 Å². The molecule has 2 amide bonds. The van der Waals surface area contributed by atoms with Gasteiger partial charge in [-0.05, 0) is 31.4 Å². The van der Waals surface area contributed by atoms with Gasteiger partial charge in [0.25, 0.3) is 5.82 Å². The monoisotopic (exact) mass is 345 g/mol. The zero-order valence-electron chi connectivity index (χ0n) is 14.6. The first-order valence-electron chi connectivity index (χ1n) is 8.21. The van der Waals surface area contributed by atoms with Gasteiger partial charge in [0.15, 0.2) is 0 Å². The molecule has 8 heteroatoms. The maximum atomic E-state index is 12.2. The van der Waals surface area contributed by atoms with Gasteiger partial charge in [-0.2, -0.15) is 0 Å². The van der Waals surface area contributed by atoms with Gasteiger partial charge in [-0.1, -0.05) is 32.0 Å². The van der Waals surface area contributed by atoms with Gasteiger partial charge in [0.2, 0.25) is 0 Å². The molecule has 1 unspecified atom stereocenters. The Morgan fingerprint density at radius 2 is 1.96 bits per heavy atom. The quantitative estimate of drug-likeness (QED) is 0.669. The number of para-hydroxylation sites is 1. The van der Waals surface area contributed by atoms with Gasteiger partial charge in [0.05, 0.1) is 12.6 Å². The maximum absolute atomic E-state index is 12.2. The van der Waals surface area contributed by atoms with Crippen molar-refractivity contribution < 1.29 is 14.3 Å². The van der Waals surface area contributed by atoms with Crippen LogP contribution in [0.25, 0.3) is 0 Å². The zero-order valence-corrected chi connectivity index (χ0v) is 14.6. The van der Waals surface area contributed by atoms with Crippen LogP contribution in [0.4, 0.5) is 10.5 Å². The zero-order chi connectivity index (χ0) is 18.2. The van der Waals surface area contributed by atoms with Crippen LogP contribution in [0.15, 0.2) is 30.3 Å². The first-order valence-corrected chi connectivity index (χ1v) is 8.21. The summed E-state index contributed by atoms with van der Waals surface area (Å²) >= 11 is 0. The van der Waals surface area contributed by atoms with Gasteiger partial charge in [-0.15, -0.1) is 5.10 Å². The highest BCUT2D eigenvalue weighted by molar-refractivity contribution is 5.89. The lowest BCUT2D eigenvalue weighted by Gasteiger charge is -2.18. The van der Waals surface area contributed by atoms with Gasteiger partial charge in [-0.3, -0.25) is 5.10 Å². The molecule has 0 aliphatic heterocycles. The van der Waals surface area contributed by atoms with Gasteiger partial charge in [0.1, 0.15) is 5.82 Å². The normalized spacial score (nSPS) is 11.8. The summed E-state index contributed by atoms with van der Waals surface area (Å²) in [7, 11) is 0. The molecule has 0 aliphatic carbocycles. The molecule has 134 valence electrons. The van der Waals surface area contributed by atoms with E-state index in [1.165, 1.54) is 0 Å². The number of nitrogens with one attached hydrogen (secondary N) is 3. The number of carbonyl (C=O) groups is 2. The number of benzene rings is 1. The van der Waals surface area contributed by atoms with E-state index in [9.17, 15) is 9.59 Å². The predicted molar refractivity (Wildman–Crippen MR) is 93.1 cm³/mol. The van der Waals surface area contributed by atoms with Crippen molar-refractivity contribution in [1.82, 2.24) is 20.5 Å². The van der Waals surface area contributed by atoms with Crippen LogP contribution >= 0.6 is 0 Å². The highest BCUT2D eigenvalue weighted by Crippen LogP contribution is 2.18. The van der Waals surface area contributed by atoms with Gasteiger partial charge < -0.3 is 15.4 Å². The molecule has 2 rings (SSSR count). The fourth-order valence-corrected chi connectivity index (χ4v) is 2.27. The summed E-state index contributed by atoms with van der Waals surface area (Å²) in [6.45, 7) is 6.02. The van der Waals surface area contributed by atoms with Crippen molar-refractivity contribution in [1.29, 1.82) is 0 Å². The van der Waals surface area contributed by atoms with E-state index in [0.29, 0.717) is 23.9 Å². The Balaban J connectivity index is 2.08. The first kappa shape index (κ1) is 18.4. The molecule has 8 nitrogen and oxygen atoms in total. The third-order valence-corrected chi connectivity index (χ3v) is 3.33. The Bertz CT molecular complexity index is 699. The highest BCUT2D eigenvalue weighted by Gasteiger charge is 2.22. The predicted octanol–water partition coefficient (Wildman–Crippen LogP) is 2.89. The van der Waals surface area contributed by atoms with E-state index >= 15 is 0 Å². The molecule has 1 heterocycles. The van der Waals surface area contributed by atoms with Crippen molar-refractivity contribution in [3.8, 4) is 0 Å². The third-order valence-electron chi connectivity index (χ3n) is 3.33. The van der Waals surface area contributed by atoms with Crippen LogP contribution in [0, 0.1) is 5.92 Å². The van der Waals surface area contributed by atoms with E-state index in [1.54, 1.807) is 19.1 Å². The van der Waals surface area contributed by atoms with Crippen LogP contribution < -0.4 is 10.6 Å². The Morgan fingerprint density at radius 1 is 1.24 bits per heavy atom. The molecular weight excluding hydrogens is 322 g/mol. The van der Waals surface area contributed by atoms with E-state index < -0.39 is 12.0 Å². The van der Waals surface area contributed by atoms with Crippen molar-refractivity contribution in [3.63, 3.8) is 0 Å². The molecule has 0 bridgehead atoms. The second-order valence-electron chi connectivity index (χ2n) is 5.91. The van der Waals surface area contributed by atoms with Crippen molar-refractivity contribution in [3.05, 3.63) is 42.0 Å². The largest absolute Gasteiger partial charge is 0.460 e. The Hall–Kier alpha value is -2.90. The fraction of sp³-hybridized carbons (Fsp3) is 0.412. The van der Waals surface area contributed by atoms with Crippen molar-refractivity contribution in [2.45, 2.75) is 33.2 Å². The van der Waals surface area contributed by atoms with Crippen molar-refractivity contribution in [2.75, 3.05) is 11.9 Å². The molecule has 0 saturated heterocycles. The summed E-state index contributed by atoms with van der Waals surface area (Å²) in [4.78, 5) is 28.1. The van der Waals surface area contributed by atoms with Crippen LogP contribution in [0.2, 0.25) is 0 Å². The summed E-state index contributed by atoms with van der Waals surface area (Å²) in [6, 6.07) is 8.38. The number of hydrogen-bond donors (Lipinski definition) is 3. The molecule has 1 aromatic carbocycles. The van der Waals surface area contributed by atoms with Crippen LogP contribution in [-0.4, -0.2) is 33.8 Å². The summed E-state index contributed by atoms with van der Waals surface area (Å²) in [5, 5.41) is 12.2. The number of carbonyl (C=O) groups excluding carboxylic acids is 2. The number of H-pyrrole nitrogens is 1. The molecule has 2 aromatic rings. The summed E-state index contributed by atoms with van der Waals surface area (Å²) in [5.41, 5.74) is 0.688. The van der Waals surface area contributed by atoms with Gasteiger partial charge in [0, 0.05) is 5.69 Å². The lowest BCUT2D eigenvalue weighted by atomic mass is 10.0. The second kappa shape index (κ2) is 8.81. The van der Waals surface area contributed by atoms with E-state index in [1.807, 2.05) is 32.0 Å². The minimum atomic E-state index is -0.595. The molecule has 3 N–H and O–H groups in total. The molecule has 25 heavy (non-hydrogen) atoms. The van der Waals surface area contributed by atoms with Crippen LogP contribution in [0.5, 0.6) is 0 Å². The lowest BCUT2D eigenvalue weighted by Crippen LogP contribution is -2.34. The van der Waals surface area contributed by atoms with E-state index in [4.69, 9.17) is 4.74 Å². The number of esters is 1. The van der Waals surface area contributed by atoms with Gasteiger partial charge in [-0.25, -0.2) is 14.6 Å².